The lowest BCUT2D eigenvalue weighted by Gasteiger charge is -2.28. The van der Waals surface area contributed by atoms with Gasteiger partial charge in [0, 0.05) is 20.0 Å². The van der Waals surface area contributed by atoms with Crippen LogP contribution in [0.1, 0.15) is 39.5 Å². The first-order valence-electron chi connectivity index (χ1n) is 5.79. The largest absolute Gasteiger partial charge is 0.363 e. The second-order valence-corrected chi connectivity index (χ2v) is 5.61. The van der Waals surface area contributed by atoms with Crippen molar-refractivity contribution in [2.45, 2.75) is 50.7 Å². The summed E-state index contributed by atoms with van der Waals surface area (Å²) in [5.74, 6) is 0.508. The molecule has 3 heteroatoms. The van der Waals surface area contributed by atoms with Crippen LogP contribution in [0.3, 0.4) is 0 Å². The topological polar surface area (TPSA) is 32.8 Å². The summed E-state index contributed by atoms with van der Waals surface area (Å²) >= 11 is 0. The molecule has 2 fully saturated rings. The van der Waals surface area contributed by atoms with Gasteiger partial charge in [-0.25, -0.2) is 0 Å². The molecule has 15 heavy (non-hydrogen) atoms. The molecule has 0 bridgehead atoms. The normalized spacial score (nSPS) is 37.7. The number of epoxide rings is 1. The molecule has 1 aliphatic heterocycles. The molecular weight excluding hydrogens is 190 g/mol. The highest BCUT2D eigenvalue weighted by Crippen LogP contribution is 2.56. The molecule has 2 aliphatic rings. The fourth-order valence-electron chi connectivity index (χ4n) is 2.86. The standard InChI is InChI=1S/C12H21NO2/c1-11(2)12(15-11)7-5-9(6-8-12)10(14)13(3)4/h9H,5-8H2,1-4H3. The Balaban J connectivity index is 1.91. The molecular formula is C12H21NO2. The molecule has 86 valence electrons. The second kappa shape index (κ2) is 3.21. The molecule has 0 aromatic carbocycles. The molecule has 1 amide bonds. The van der Waals surface area contributed by atoms with Crippen LogP contribution in [0.4, 0.5) is 0 Å². The third-order valence-corrected chi connectivity index (χ3v) is 4.09. The minimum atomic E-state index is 0.0547. The second-order valence-electron chi connectivity index (χ2n) is 5.61. The van der Waals surface area contributed by atoms with Crippen molar-refractivity contribution in [3.8, 4) is 0 Å². The van der Waals surface area contributed by atoms with E-state index in [1.807, 2.05) is 14.1 Å². The first-order valence-corrected chi connectivity index (χ1v) is 5.79. The summed E-state index contributed by atoms with van der Waals surface area (Å²) in [6.45, 7) is 4.31. The number of hydrogen-bond acceptors (Lipinski definition) is 2. The van der Waals surface area contributed by atoms with E-state index in [-0.39, 0.29) is 23.0 Å². The molecule has 1 spiro atoms. The van der Waals surface area contributed by atoms with E-state index in [0.717, 1.165) is 25.7 Å². The quantitative estimate of drug-likeness (QED) is 0.620. The lowest BCUT2D eigenvalue weighted by Crippen LogP contribution is -2.35. The molecule has 0 aromatic rings. The Bertz CT molecular complexity index is 275. The van der Waals surface area contributed by atoms with Gasteiger partial charge < -0.3 is 9.64 Å². The molecule has 1 heterocycles. The van der Waals surface area contributed by atoms with Gasteiger partial charge in [-0.1, -0.05) is 0 Å². The number of carbonyl (C=O) groups is 1. The Morgan fingerprint density at radius 2 is 1.73 bits per heavy atom. The maximum atomic E-state index is 11.8. The minimum absolute atomic E-state index is 0.0547. The van der Waals surface area contributed by atoms with Crippen molar-refractivity contribution in [2.24, 2.45) is 5.92 Å². The lowest BCUT2D eigenvalue weighted by atomic mass is 9.76. The summed E-state index contributed by atoms with van der Waals surface area (Å²) in [4.78, 5) is 13.5. The van der Waals surface area contributed by atoms with Crippen molar-refractivity contribution in [3.63, 3.8) is 0 Å². The maximum Gasteiger partial charge on any atom is 0.225 e. The maximum absolute atomic E-state index is 11.8. The summed E-state index contributed by atoms with van der Waals surface area (Å²) in [6, 6.07) is 0. The number of hydrogen-bond donors (Lipinski definition) is 0. The molecule has 1 saturated carbocycles. The predicted molar refractivity (Wildman–Crippen MR) is 58.5 cm³/mol. The van der Waals surface area contributed by atoms with Crippen molar-refractivity contribution in [2.75, 3.05) is 14.1 Å². The van der Waals surface area contributed by atoms with Crippen LogP contribution in [0.5, 0.6) is 0 Å². The zero-order valence-corrected chi connectivity index (χ0v) is 10.2. The first-order chi connectivity index (χ1) is 6.88. The van der Waals surface area contributed by atoms with Gasteiger partial charge in [-0.15, -0.1) is 0 Å². The van der Waals surface area contributed by atoms with Crippen molar-refractivity contribution >= 4 is 5.91 Å². The third-order valence-electron chi connectivity index (χ3n) is 4.09. The van der Waals surface area contributed by atoms with E-state index in [1.165, 1.54) is 0 Å². The first kappa shape index (κ1) is 10.9. The SMILES string of the molecule is CN(C)C(=O)C1CCC2(CC1)OC2(C)C. The van der Waals surface area contributed by atoms with E-state index in [0.29, 0.717) is 0 Å². The summed E-state index contributed by atoms with van der Waals surface area (Å²) < 4.78 is 5.80. The van der Waals surface area contributed by atoms with Crippen LogP contribution < -0.4 is 0 Å². The minimum Gasteiger partial charge on any atom is -0.363 e. The van der Waals surface area contributed by atoms with Crippen molar-refractivity contribution in [1.82, 2.24) is 4.90 Å². The van der Waals surface area contributed by atoms with Gasteiger partial charge >= 0.3 is 0 Å². The van der Waals surface area contributed by atoms with Gasteiger partial charge in [-0.2, -0.15) is 0 Å². The van der Waals surface area contributed by atoms with Gasteiger partial charge in [-0.05, 0) is 39.5 Å². The number of amides is 1. The van der Waals surface area contributed by atoms with Crippen LogP contribution in [-0.2, 0) is 9.53 Å². The molecule has 2 rings (SSSR count). The van der Waals surface area contributed by atoms with Crippen LogP contribution in [0.25, 0.3) is 0 Å². The van der Waals surface area contributed by atoms with Crippen molar-refractivity contribution < 1.29 is 9.53 Å². The molecule has 0 atom stereocenters. The molecule has 1 aliphatic carbocycles. The van der Waals surface area contributed by atoms with E-state index < -0.39 is 0 Å². The number of ether oxygens (including phenoxy) is 1. The zero-order chi connectivity index (χ0) is 11.3. The van der Waals surface area contributed by atoms with Crippen LogP contribution in [0.2, 0.25) is 0 Å². The fraction of sp³-hybridized carbons (Fsp3) is 0.917. The molecule has 1 saturated heterocycles. The molecule has 0 radical (unpaired) electrons. The van der Waals surface area contributed by atoms with E-state index >= 15 is 0 Å². The van der Waals surface area contributed by atoms with Gasteiger partial charge in [0.15, 0.2) is 0 Å². The Morgan fingerprint density at radius 1 is 1.27 bits per heavy atom. The Labute approximate surface area is 91.8 Å². The summed E-state index contributed by atoms with van der Waals surface area (Å²) in [6.07, 6.45) is 4.06. The van der Waals surface area contributed by atoms with Crippen molar-refractivity contribution in [1.29, 1.82) is 0 Å². The average molecular weight is 211 g/mol. The monoisotopic (exact) mass is 211 g/mol. The van der Waals surface area contributed by atoms with Crippen LogP contribution in [0, 0.1) is 5.92 Å². The lowest BCUT2D eigenvalue weighted by molar-refractivity contribution is -0.134. The van der Waals surface area contributed by atoms with Crippen LogP contribution in [-0.4, -0.2) is 36.1 Å². The fourth-order valence-corrected chi connectivity index (χ4v) is 2.86. The van der Waals surface area contributed by atoms with E-state index in [4.69, 9.17) is 4.74 Å². The van der Waals surface area contributed by atoms with Gasteiger partial charge in [0.25, 0.3) is 0 Å². The highest BCUT2D eigenvalue weighted by Gasteiger charge is 2.64. The zero-order valence-electron chi connectivity index (χ0n) is 10.2. The Morgan fingerprint density at radius 3 is 2.07 bits per heavy atom. The molecule has 0 N–H and O–H groups in total. The van der Waals surface area contributed by atoms with E-state index in [9.17, 15) is 4.79 Å². The van der Waals surface area contributed by atoms with Gasteiger partial charge in [0.2, 0.25) is 5.91 Å². The summed E-state index contributed by atoms with van der Waals surface area (Å²) in [5, 5.41) is 0. The van der Waals surface area contributed by atoms with E-state index in [1.54, 1.807) is 4.90 Å². The average Bonchev–Trinajstić information content (AvgIpc) is 2.67. The number of rotatable bonds is 1. The van der Waals surface area contributed by atoms with Gasteiger partial charge in [0.05, 0.1) is 11.2 Å². The molecule has 3 nitrogen and oxygen atoms in total. The smallest absolute Gasteiger partial charge is 0.225 e. The van der Waals surface area contributed by atoms with E-state index in [2.05, 4.69) is 13.8 Å². The highest BCUT2D eigenvalue weighted by molar-refractivity contribution is 5.78. The highest BCUT2D eigenvalue weighted by atomic mass is 16.6. The van der Waals surface area contributed by atoms with Crippen molar-refractivity contribution in [3.05, 3.63) is 0 Å². The Kier molecular flexibility index (Phi) is 2.34. The summed E-state index contributed by atoms with van der Waals surface area (Å²) in [7, 11) is 3.68. The third kappa shape index (κ3) is 1.67. The number of carbonyl (C=O) groups excluding carboxylic acids is 1. The van der Waals surface area contributed by atoms with Gasteiger partial charge in [-0.3, -0.25) is 4.79 Å². The van der Waals surface area contributed by atoms with Crippen LogP contribution >= 0.6 is 0 Å². The van der Waals surface area contributed by atoms with Crippen LogP contribution in [0.15, 0.2) is 0 Å². The Hall–Kier alpha value is -0.570. The predicted octanol–water partition coefficient (Wildman–Crippen LogP) is 1.81. The summed E-state index contributed by atoms with van der Waals surface area (Å²) in [5.41, 5.74) is 0.162. The van der Waals surface area contributed by atoms with Gasteiger partial charge in [0.1, 0.15) is 0 Å². The molecule has 0 unspecified atom stereocenters. The molecule has 0 aromatic heterocycles. The number of nitrogens with zero attached hydrogens (tertiary/aromatic N) is 1.